The molecule has 0 aromatic heterocycles. The van der Waals surface area contributed by atoms with E-state index in [4.69, 9.17) is 9.84 Å². The van der Waals surface area contributed by atoms with Crippen LogP contribution < -0.4 is 0 Å². The molecule has 0 aliphatic carbocycles. The molecular weight excluding hydrogens is 368 g/mol. The van der Waals surface area contributed by atoms with Gasteiger partial charge in [-0.25, -0.2) is 9.59 Å². The summed E-state index contributed by atoms with van der Waals surface area (Å²) in [6.45, 7) is 3.71. The molecule has 0 saturated carbocycles. The summed E-state index contributed by atoms with van der Waals surface area (Å²) in [5.74, 6) is -1.54. The fourth-order valence-corrected chi connectivity index (χ4v) is 2.21. The van der Waals surface area contributed by atoms with Crippen LogP contribution in [0, 0.1) is 0 Å². The standard InChI is InChI=1S/C12H12Br2O4/c1-3-6(2)18-12(17)8-5-9(13)7(11(15)16)4-10(8)14/h4-6H,3H2,1-2H3,(H,15,16). The summed E-state index contributed by atoms with van der Waals surface area (Å²) in [5, 5.41) is 8.94. The lowest BCUT2D eigenvalue weighted by atomic mass is 10.1. The Morgan fingerprint density at radius 1 is 1.28 bits per heavy atom. The average Bonchev–Trinajstić information content (AvgIpc) is 2.30. The summed E-state index contributed by atoms with van der Waals surface area (Å²) in [7, 11) is 0. The van der Waals surface area contributed by atoms with Crippen molar-refractivity contribution in [1.82, 2.24) is 0 Å². The van der Waals surface area contributed by atoms with Gasteiger partial charge in [0.1, 0.15) is 0 Å². The van der Waals surface area contributed by atoms with Crippen molar-refractivity contribution in [2.45, 2.75) is 26.4 Å². The molecule has 0 bridgehead atoms. The zero-order valence-corrected chi connectivity index (χ0v) is 13.0. The van der Waals surface area contributed by atoms with Crippen molar-refractivity contribution in [2.24, 2.45) is 0 Å². The molecule has 1 aromatic rings. The molecule has 0 aliphatic rings. The van der Waals surface area contributed by atoms with E-state index in [1.165, 1.54) is 12.1 Å². The Labute approximate surface area is 122 Å². The summed E-state index contributed by atoms with van der Waals surface area (Å²) in [6, 6.07) is 2.82. The minimum absolute atomic E-state index is 0.0852. The molecule has 18 heavy (non-hydrogen) atoms. The number of rotatable bonds is 4. The van der Waals surface area contributed by atoms with E-state index in [1.54, 1.807) is 6.92 Å². The van der Waals surface area contributed by atoms with Gasteiger partial charge < -0.3 is 9.84 Å². The maximum Gasteiger partial charge on any atom is 0.339 e. The molecule has 6 heteroatoms. The minimum atomic E-state index is -1.07. The number of ether oxygens (including phenoxy) is 1. The predicted octanol–water partition coefficient (Wildman–Crippen LogP) is 3.87. The number of hydrogen-bond acceptors (Lipinski definition) is 3. The van der Waals surface area contributed by atoms with Crippen LogP contribution in [-0.2, 0) is 4.74 Å². The van der Waals surface area contributed by atoms with E-state index in [9.17, 15) is 9.59 Å². The third-order valence-electron chi connectivity index (χ3n) is 2.39. The Hall–Kier alpha value is -0.880. The van der Waals surface area contributed by atoms with Gasteiger partial charge in [-0.2, -0.15) is 0 Å². The van der Waals surface area contributed by atoms with Gasteiger partial charge in [0.05, 0.1) is 17.2 Å². The minimum Gasteiger partial charge on any atom is -0.478 e. The zero-order valence-electron chi connectivity index (χ0n) is 9.87. The smallest absolute Gasteiger partial charge is 0.339 e. The highest BCUT2D eigenvalue weighted by Crippen LogP contribution is 2.27. The van der Waals surface area contributed by atoms with Gasteiger partial charge >= 0.3 is 11.9 Å². The SMILES string of the molecule is CCC(C)OC(=O)c1cc(Br)c(C(=O)O)cc1Br. The topological polar surface area (TPSA) is 63.6 Å². The van der Waals surface area contributed by atoms with Crippen LogP contribution in [0.15, 0.2) is 21.1 Å². The Morgan fingerprint density at radius 3 is 2.28 bits per heavy atom. The summed E-state index contributed by atoms with van der Waals surface area (Å²) in [5.41, 5.74) is 0.383. The van der Waals surface area contributed by atoms with Crippen LogP contribution in [0.3, 0.4) is 0 Å². The molecule has 0 heterocycles. The van der Waals surface area contributed by atoms with Crippen molar-refractivity contribution in [3.8, 4) is 0 Å². The average molecular weight is 380 g/mol. The van der Waals surface area contributed by atoms with Crippen LogP contribution in [0.1, 0.15) is 41.0 Å². The van der Waals surface area contributed by atoms with Gasteiger partial charge in [0.25, 0.3) is 0 Å². The monoisotopic (exact) mass is 378 g/mol. The van der Waals surface area contributed by atoms with Gasteiger partial charge in [0.2, 0.25) is 0 Å². The van der Waals surface area contributed by atoms with Gasteiger partial charge in [-0.05, 0) is 57.3 Å². The third-order valence-corrected chi connectivity index (χ3v) is 3.70. The molecule has 1 rings (SSSR count). The fourth-order valence-electron chi connectivity index (χ4n) is 1.20. The lowest BCUT2D eigenvalue weighted by Crippen LogP contribution is -2.15. The van der Waals surface area contributed by atoms with E-state index in [1.807, 2.05) is 6.92 Å². The first-order chi connectivity index (χ1) is 8.36. The van der Waals surface area contributed by atoms with Gasteiger partial charge in [-0.3, -0.25) is 0 Å². The summed E-state index contributed by atoms with van der Waals surface area (Å²) < 4.78 is 5.93. The molecule has 0 spiro atoms. The maximum atomic E-state index is 11.8. The number of carbonyl (C=O) groups excluding carboxylic acids is 1. The van der Waals surface area contributed by atoms with Crippen molar-refractivity contribution in [2.75, 3.05) is 0 Å². The van der Waals surface area contributed by atoms with E-state index < -0.39 is 11.9 Å². The van der Waals surface area contributed by atoms with Crippen LogP contribution in [0.2, 0.25) is 0 Å². The second-order valence-corrected chi connectivity index (χ2v) is 5.45. The summed E-state index contributed by atoms with van der Waals surface area (Å²) in [4.78, 5) is 22.8. The molecule has 1 aromatic carbocycles. The van der Waals surface area contributed by atoms with E-state index in [-0.39, 0.29) is 11.7 Å². The van der Waals surface area contributed by atoms with Crippen LogP contribution in [-0.4, -0.2) is 23.1 Å². The maximum absolute atomic E-state index is 11.8. The van der Waals surface area contributed by atoms with Gasteiger partial charge in [0, 0.05) is 8.95 Å². The summed E-state index contributed by atoms with van der Waals surface area (Å²) >= 11 is 6.30. The largest absolute Gasteiger partial charge is 0.478 e. The third kappa shape index (κ3) is 3.55. The van der Waals surface area contributed by atoms with Crippen LogP contribution >= 0.6 is 31.9 Å². The normalized spacial score (nSPS) is 12.0. The Bertz CT molecular complexity index is 485. The quantitative estimate of drug-likeness (QED) is 0.806. The lowest BCUT2D eigenvalue weighted by molar-refractivity contribution is 0.0332. The Kier molecular flexibility index (Phi) is 5.34. The molecular formula is C12H12Br2O4. The molecule has 1 atom stereocenters. The Balaban J connectivity index is 3.08. The molecule has 0 amide bonds. The second kappa shape index (κ2) is 6.33. The number of benzene rings is 1. The number of aromatic carboxylic acids is 1. The number of halogens is 2. The van der Waals surface area contributed by atoms with Gasteiger partial charge in [-0.1, -0.05) is 6.92 Å². The molecule has 0 saturated heterocycles. The first-order valence-corrected chi connectivity index (χ1v) is 6.88. The number of carbonyl (C=O) groups is 2. The van der Waals surface area contributed by atoms with Gasteiger partial charge in [0.15, 0.2) is 0 Å². The van der Waals surface area contributed by atoms with E-state index in [2.05, 4.69) is 31.9 Å². The highest BCUT2D eigenvalue weighted by atomic mass is 79.9. The van der Waals surface area contributed by atoms with Gasteiger partial charge in [-0.15, -0.1) is 0 Å². The number of carboxylic acids is 1. The molecule has 98 valence electrons. The predicted molar refractivity (Wildman–Crippen MR) is 74.0 cm³/mol. The fraction of sp³-hybridized carbons (Fsp3) is 0.333. The summed E-state index contributed by atoms with van der Waals surface area (Å²) in [6.07, 6.45) is 0.542. The van der Waals surface area contributed by atoms with Crippen molar-refractivity contribution < 1.29 is 19.4 Å². The van der Waals surface area contributed by atoms with E-state index >= 15 is 0 Å². The Morgan fingerprint density at radius 2 is 1.78 bits per heavy atom. The number of esters is 1. The molecule has 0 fully saturated rings. The van der Waals surface area contributed by atoms with Crippen LogP contribution in [0.25, 0.3) is 0 Å². The molecule has 4 nitrogen and oxygen atoms in total. The molecule has 1 unspecified atom stereocenters. The van der Waals surface area contributed by atoms with Crippen molar-refractivity contribution in [3.05, 3.63) is 32.2 Å². The molecule has 0 radical (unpaired) electrons. The van der Waals surface area contributed by atoms with Crippen molar-refractivity contribution in [3.63, 3.8) is 0 Å². The van der Waals surface area contributed by atoms with Crippen molar-refractivity contribution in [1.29, 1.82) is 0 Å². The van der Waals surface area contributed by atoms with Crippen molar-refractivity contribution >= 4 is 43.8 Å². The molecule has 1 N–H and O–H groups in total. The highest BCUT2D eigenvalue weighted by Gasteiger charge is 2.18. The first-order valence-electron chi connectivity index (χ1n) is 5.30. The van der Waals surface area contributed by atoms with Crippen LogP contribution in [0.5, 0.6) is 0 Å². The number of hydrogen-bond donors (Lipinski definition) is 1. The van der Waals surface area contributed by atoms with E-state index in [0.717, 1.165) is 6.42 Å². The van der Waals surface area contributed by atoms with Crippen LogP contribution in [0.4, 0.5) is 0 Å². The second-order valence-electron chi connectivity index (χ2n) is 3.74. The lowest BCUT2D eigenvalue weighted by Gasteiger charge is -2.12. The zero-order chi connectivity index (χ0) is 13.9. The highest BCUT2D eigenvalue weighted by molar-refractivity contribution is 9.11. The van der Waals surface area contributed by atoms with E-state index in [0.29, 0.717) is 14.5 Å². The number of carboxylic acid groups (broad SMARTS) is 1. The molecule has 0 aliphatic heterocycles. The first kappa shape index (κ1) is 15.2.